The highest BCUT2D eigenvalue weighted by Crippen LogP contribution is 2.14. The van der Waals surface area contributed by atoms with E-state index in [1.165, 1.54) is 19.0 Å². The van der Waals surface area contributed by atoms with Gasteiger partial charge in [-0.2, -0.15) is 4.90 Å². The maximum absolute atomic E-state index is 12.1. The van der Waals surface area contributed by atoms with Crippen molar-refractivity contribution in [2.45, 2.75) is 11.8 Å². The van der Waals surface area contributed by atoms with Crippen LogP contribution in [0.25, 0.3) is 0 Å². The average molecular weight is 310 g/mol. The van der Waals surface area contributed by atoms with E-state index in [1.807, 2.05) is 30.3 Å². The summed E-state index contributed by atoms with van der Waals surface area (Å²) in [6.45, 7) is 1.86. The van der Waals surface area contributed by atoms with Gasteiger partial charge >= 0.3 is 18.1 Å². The normalized spacial score (nSPS) is 9.67. The molecule has 0 aliphatic carbocycles. The van der Waals surface area contributed by atoms with E-state index in [9.17, 15) is 9.59 Å². The topological polar surface area (TPSA) is 85.7 Å². The zero-order valence-corrected chi connectivity index (χ0v) is 12.9. The van der Waals surface area contributed by atoms with Gasteiger partial charge in [0.2, 0.25) is 0 Å². The molecule has 0 spiro atoms. The summed E-state index contributed by atoms with van der Waals surface area (Å²) in [7, 11) is 2.98. The van der Waals surface area contributed by atoms with Crippen molar-refractivity contribution in [2.24, 2.45) is 0 Å². The standard InChI is InChI=1S/C13H18N4O3S/c1-4-20-11(14)17(13(19)16(2)3)12(18)15-21-10-8-6-5-7-9-10/h5-9,14H,4H2,1-3H3,(H,15,18). The third kappa shape index (κ3) is 4.99. The van der Waals surface area contributed by atoms with Crippen LogP contribution in [0.4, 0.5) is 9.59 Å². The second-order valence-corrected chi connectivity index (χ2v) is 4.95. The fraction of sp³-hybridized carbons (Fsp3) is 0.308. The Balaban J connectivity index is 2.75. The lowest BCUT2D eigenvalue weighted by molar-refractivity contribution is 0.175. The summed E-state index contributed by atoms with van der Waals surface area (Å²) in [5.74, 6) is 0. The smallest absolute Gasteiger partial charge is 0.344 e. The molecule has 0 aliphatic rings. The summed E-state index contributed by atoms with van der Waals surface area (Å²) < 4.78 is 7.45. The van der Waals surface area contributed by atoms with Gasteiger partial charge in [0.25, 0.3) is 0 Å². The quantitative estimate of drug-likeness (QED) is 0.510. The molecule has 0 fully saturated rings. The molecule has 0 aliphatic heterocycles. The molecule has 0 saturated heterocycles. The first kappa shape index (κ1) is 16.8. The number of amides is 4. The van der Waals surface area contributed by atoms with Crippen molar-refractivity contribution in [1.29, 1.82) is 5.41 Å². The Morgan fingerprint density at radius 1 is 1.29 bits per heavy atom. The van der Waals surface area contributed by atoms with E-state index in [1.54, 1.807) is 6.92 Å². The van der Waals surface area contributed by atoms with Crippen molar-refractivity contribution in [3.05, 3.63) is 30.3 Å². The third-order valence-electron chi connectivity index (χ3n) is 2.26. The van der Waals surface area contributed by atoms with Gasteiger partial charge in [0.05, 0.1) is 6.61 Å². The van der Waals surface area contributed by atoms with Gasteiger partial charge < -0.3 is 9.64 Å². The Morgan fingerprint density at radius 3 is 2.43 bits per heavy atom. The van der Waals surface area contributed by atoms with E-state index in [2.05, 4.69) is 4.72 Å². The van der Waals surface area contributed by atoms with Gasteiger partial charge in [-0.25, -0.2) is 9.59 Å². The van der Waals surface area contributed by atoms with Gasteiger partial charge in [0, 0.05) is 19.0 Å². The molecule has 7 nitrogen and oxygen atoms in total. The Bertz CT molecular complexity index is 507. The predicted molar refractivity (Wildman–Crippen MR) is 81.1 cm³/mol. The summed E-state index contributed by atoms with van der Waals surface area (Å²) in [4.78, 5) is 26.7. The maximum Gasteiger partial charge on any atom is 0.344 e. The molecular weight excluding hydrogens is 292 g/mol. The van der Waals surface area contributed by atoms with Crippen LogP contribution in [-0.4, -0.2) is 48.6 Å². The van der Waals surface area contributed by atoms with Gasteiger partial charge in [0.15, 0.2) is 0 Å². The number of hydrogen-bond acceptors (Lipinski definition) is 5. The number of carbonyl (C=O) groups excluding carboxylic acids is 2. The minimum atomic E-state index is -0.735. The number of ether oxygens (including phenoxy) is 1. The monoisotopic (exact) mass is 310 g/mol. The number of imide groups is 1. The molecule has 1 rings (SSSR count). The fourth-order valence-electron chi connectivity index (χ4n) is 1.30. The van der Waals surface area contributed by atoms with Crippen LogP contribution in [0, 0.1) is 5.41 Å². The van der Waals surface area contributed by atoms with Crippen molar-refractivity contribution in [2.75, 3.05) is 20.7 Å². The first-order valence-electron chi connectivity index (χ1n) is 6.22. The summed E-state index contributed by atoms with van der Waals surface area (Å²) >= 11 is 1.06. The first-order chi connectivity index (χ1) is 9.97. The van der Waals surface area contributed by atoms with Gasteiger partial charge in [-0.05, 0) is 31.0 Å². The number of carbonyl (C=O) groups is 2. The molecular formula is C13H18N4O3S. The van der Waals surface area contributed by atoms with E-state index in [0.29, 0.717) is 4.90 Å². The molecule has 8 heteroatoms. The second kappa shape index (κ2) is 8.15. The van der Waals surface area contributed by atoms with Gasteiger partial charge in [0.1, 0.15) is 0 Å². The number of urea groups is 2. The zero-order valence-electron chi connectivity index (χ0n) is 12.1. The van der Waals surface area contributed by atoms with Crippen LogP contribution in [0.1, 0.15) is 6.92 Å². The van der Waals surface area contributed by atoms with Crippen LogP contribution in [0.3, 0.4) is 0 Å². The maximum atomic E-state index is 12.1. The number of nitrogens with one attached hydrogen (secondary N) is 2. The van der Waals surface area contributed by atoms with Gasteiger partial charge in [-0.3, -0.25) is 10.1 Å². The molecule has 0 radical (unpaired) electrons. The largest absolute Gasteiger partial charge is 0.465 e. The predicted octanol–water partition coefficient (Wildman–Crippen LogP) is 2.36. The molecule has 0 aromatic heterocycles. The number of rotatable bonds is 3. The minimum absolute atomic E-state index is 0.190. The molecule has 4 amide bonds. The van der Waals surface area contributed by atoms with Crippen LogP contribution in [-0.2, 0) is 4.74 Å². The van der Waals surface area contributed by atoms with Crippen molar-refractivity contribution in [1.82, 2.24) is 14.5 Å². The lowest BCUT2D eigenvalue weighted by Crippen LogP contribution is -2.50. The fourth-order valence-corrected chi connectivity index (χ4v) is 1.89. The second-order valence-electron chi connectivity index (χ2n) is 4.07. The number of hydrogen-bond donors (Lipinski definition) is 2. The van der Waals surface area contributed by atoms with E-state index in [-0.39, 0.29) is 6.61 Å². The van der Waals surface area contributed by atoms with Crippen molar-refractivity contribution < 1.29 is 14.3 Å². The Hall–Kier alpha value is -2.22. The van der Waals surface area contributed by atoms with E-state index < -0.39 is 18.1 Å². The number of nitrogens with zero attached hydrogens (tertiary/aromatic N) is 2. The minimum Gasteiger partial charge on any atom is -0.465 e. The summed E-state index contributed by atoms with van der Waals surface area (Å²) in [5.41, 5.74) is 0. The molecule has 114 valence electrons. The van der Waals surface area contributed by atoms with E-state index >= 15 is 0 Å². The summed E-state index contributed by atoms with van der Waals surface area (Å²) in [6.07, 6.45) is 0. The lowest BCUT2D eigenvalue weighted by atomic mass is 10.4. The molecule has 2 N–H and O–H groups in total. The molecule has 0 atom stereocenters. The molecule has 1 aromatic carbocycles. The first-order valence-corrected chi connectivity index (χ1v) is 7.03. The SMILES string of the molecule is CCOC(=N)N(C(=O)NSc1ccccc1)C(=O)N(C)C. The third-order valence-corrected chi connectivity index (χ3v) is 3.05. The Kier molecular flexibility index (Phi) is 6.54. The van der Waals surface area contributed by atoms with Crippen LogP contribution >= 0.6 is 11.9 Å². The number of amidine groups is 1. The van der Waals surface area contributed by atoms with Crippen LogP contribution in [0.2, 0.25) is 0 Å². The molecule has 21 heavy (non-hydrogen) atoms. The molecule has 0 heterocycles. The molecule has 0 unspecified atom stereocenters. The van der Waals surface area contributed by atoms with Crippen LogP contribution in [0.5, 0.6) is 0 Å². The average Bonchev–Trinajstić information content (AvgIpc) is 2.46. The highest BCUT2D eigenvalue weighted by molar-refractivity contribution is 7.98. The van der Waals surface area contributed by atoms with E-state index in [4.69, 9.17) is 10.1 Å². The van der Waals surface area contributed by atoms with Crippen LogP contribution in [0.15, 0.2) is 35.2 Å². The van der Waals surface area contributed by atoms with Crippen molar-refractivity contribution >= 4 is 30.0 Å². The Labute approximate surface area is 127 Å². The number of benzene rings is 1. The van der Waals surface area contributed by atoms with Gasteiger partial charge in [-0.15, -0.1) is 0 Å². The summed E-state index contributed by atoms with van der Waals surface area (Å²) in [5, 5.41) is 7.67. The zero-order chi connectivity index (χ0) is 15.8. The molecule has 1 aromatic rings. The van der Waals surface area contributed by atoms with Crippen LogP contribution < -0.4 is 4.72 Å². The highest BCUT2D eigenvalue weighted by Gasteiger charge is 2.28. The van der Waals surface area contributed by atoms with Gasteiger partial charge in [-0.1, -0.05) is 18.2 Å². The van der Waals surface area contributed by atoms with Crippen molar-refractivity contribution in [3.63, 3.8) is 0 Å². The molecule has 0 bridgehead atoms. The van der Waals surface area contributed by atoms with E-state index in [0.717, 1.165) is 16.8 Å². The molecule has 0 saturated carbocycles. The summed E-state index contributed by atoms with van der Waals surface area (Å²) in [6, 6.07) is 7.26. The lowest BCUT2D eigenvalue weighted by Gasteiger charge is -2.23. The highest BCUT2D eigenvalue weighted by atomic mass is 32.2. The Morgan fingerprint density at radius 2 is 1.90 bits per heavy atom. The van der Waals surface area contributed by atoms with Crippen molar-refractivity contribution in [3.8, 4) is 0 Å².